The highest BCUT2D eigenvalue weighted by atomic mass is 35.5. The predicted molar refractivity (Wildman–Crippen MR) is 123 cm³/mol. The predicted octanol–water partition coefficient (Wildman–Crippen LogP) is 4.31. The van der Waals surface area contributed by atoms with Gasteiger partial charge in [0.1, 0.15) is 0 Å². The van der Waals surface area contributed by atoms with E-state index in [1.54, 1.807) is 11.6 Å². The van der Waals surface area contributed by atoms with E-state index in [1.165, 1.54) is 0 Å². The first-order valence-electron chi connectivity index (χ1n) is 10.3. The maximum absolute atomic E-state index is 13.0. The molecule has 160 valence electrons. The molecule has 31 heavy (non-hydrogen) atoms. The molecule has 1 aliphatic rings. The number of hydrogen-bond acceptors (Lipinski definition) is 4. The number of nitrogens with zero attached hydrogens (tertiary/aromatic N) is 4. The number of aryl methyl sites for hydroxylation is 1. The zero-order valence-corrected chi connectivity index (χ0v) is 18.7. The summed E-state index contributed by atoms with van der Waals surface area (Å²) >= 11 is 6.25. The van der Waals surface area contributed by atoms with Crippen LogP contribution in [-0.2, 0) is 0 Å². The van der Waals surface area contributed by atoms with Crippen LogP contribution < -0.4 is 4.90 Å². The van der Waals surface area contributed by atoms with E-state index < -0.39 is 0 Å². The third-order valence-corrected chi connectivity index (χ3v) is 6.31. The van der Waals surface area contributed by atoms with Gasteiger partial charge in [0.25, 0.3) is 5.91 Å². The molecular formula is C24H25ClN4O2. The van der Waals surface area contributed by atoms with E-state index >= 15 is 0 Å². The second-order valence-electron chi connectivity index (χ2n) is 7.83. The smallest absolute Gasteiger partial charge is 0.253 e. The Morgan fingerprint density at radius 2 is 1.39 bits per heavy atom. The number of benzene rings is 2. The largest absolute Gasteiger partial charge is 0.368 e. The molecule has 1 aliphatic heterocycles. The van der Waals surface area contributed by atoms with Gasteiger partial charge in [-0.05, 0) is 69.3 Å². The number of piperazine rings is 1. The zero-order valence-electron chi connectivity index (χ0n) is 17.9. The van der Waals surface area contributed by atoms with Gasteiger partial charge in [-0.3, -0.25) is 9.59 Å². The number of amides is 1. The number of hydrogen-bond donors (Lipinski definition) is 0. The molecule has 4 rings (SSSR count). The fraction of sp³-hybridized carbons (Fsp3) is 0.292. The molecule has 2 aromatic carbocycles. The van der Waals surface area contributed by atoms with Crippen molar-refractivity contribution in [1.29, 1.82) is 0 Å². The average molecular weight is 437 g/mol. The van der Waals surface area contributed by atoms with Crippen molar-refractivity contribution >= 4 is 29.0 Å². The van der Waals surface area contributed by atoms with Crippen LogP contribution in [0.4, 0.5) is 5.69 Å². The first kappa shape index (κ1) is 21.1. The normalized spacial score (nSPS) is 14.1. The molecule has 1 saturated heterocycles. The number of carbonyl (C=O) groups excluding carboxylic acids is 2. The lowest BCUT2D eigenvalue weighted by Gasteiger charge is -2.36. The van der Waals surface area contributed by atoms with Crippen LogP contribution in [0.2, 0.25) is 5.02 Å². The van der Waals surface area contributed by atoms with Crippen LogP contribution >= 0.6 is 11.6 Å². The fourth-order valence-corrected chi connectivity index (χ4v) is 4.00. The van der Waals surface area contributed by atoms with E-state index in [4.69, 9.17) is 11.6 Å². The van der Waals surface area contributed by atoms with Crippen LogP contribution in [0.3, 0.4) is 0 Å². The highest BCUT2D eigenvalue weighted by Gasteiger charge is 2.22. The van der Waals surface area contributed by atoms with Crippen LogP contribution in [0.1, 0.15) is 39.0 Å². The van der Waals surface area contributed by atoms with Gasteiger partial charge >= 0.3 is 0 Å². The highest BCUT2D eigenvalue weighted by molar-refractivity contribution is 6.31. The molecule has 0 atom stereocenters. The lowest BCUT2D eigenvalue weighted by atomic mass is 10.1. The highest BCUT2D eigenvalue weighted by Crippen LogP contribution is 2.23. The molecule has 0 spiro atoms. The summed E-state index contributed by atoms with van der Waals surface area (Å²) in [5, 5.41) is 5.12. The first-order valence-corrected chi connectivity index (χ1v) is 10.7. The van der Waals surface area contributed by atoms with Gasteiger partial charge < -0.3 is 9.80 Å². The van der Waals surface area contributed by atoms with Gasteiger partial charge in [0.05, 0.1) is 22.1 Å². The maximum Gasteiger partial charge on any atom is 0.253 e. The van der Waals surface area contributed by atoms with Crippen molar-refractivity contribution in [3.63, 3.8) is 0 Å². The Hall–Kier alpha value is -3.12. The Balaban J connectivity index is 1.40. The molecule has 1 fully saturated rings. The van der Waals surface area contributed by atoms with E-state index in [0.717, 1.165) is 35.9 Å². The fourth-order valence-electron chi connectivity index (χ4n) is 3.88. The molecule has 0 unspecified atom stereocenters. The molecule has 6 nitrogen and oxygen atoms in total. The molecule has 3 aromatic rings. The molecular weight excluding hydrogens is 412 g/mol. The van der Waals surface area contributed by atoms with Gasteiger partial charge in [0, 0.05) is 43.0 Å². The summed E-state index contributed by atoms with van der Waals surface area (Å²) in [5.74, 6) is 0.0958. The lowest BCUT2D eigenvalue weighted by molar-refractivity contribution is 0.0746. The Labute approximate surface area is 187 Å². The van der Waals surface area contributed by atoms with Crippen molar-refractivity contribution in [3.8, 4) is 5.69 Å². The van der Waals surface area contributed by atoms with Crippen LogP contribution in [-0.4, -0.2) is 52.5 Å². The van der Waals surface area contributed by atoms with E-state index in [2.05, 4.69) is 10.00 Å². The summed E-state index contributed by atoms with van der Waals surface area (Å²) in [5.41, 5.74) is 4.99. The molecule has 0 radical (unpaired) electrons. The molecule has 0 aliphatic carbocycles. The van der Waals surface area contributed by atoms with Crippen molar-refractivity contribution in [2.24, 2.45) is 0 Å². The Morgan fingerprint density at radius 3 is 1.90 bits per heavy atom. The minimum Gasteiger partial charge on any atom is -0.368 e. The topological polar surface area (TPSA) is 58.4 Å². The number of aromatic nitrogens is 2. The molecule has 0 bridgehead atoms. The third kappa shape index (κ3) is 4.21. The Kier molecular flexibility index (Phi) is 5.83. The summed E-state index contributed by atoms with van der Waals surface area (Å²) in [6.45, 7) is 8.19. The summed E-state index contributed by atoms with van der Waals surface area (Å²) in [7, 11) is 0. The van der Waals surface area contributed by atoms with Crippen LogP contribution in [0.15, 0.2) is 48.5 Å². The van der Waals surface area contributed by atoms with Crippen LogP contribution in [0.25, 0.3) is 5.69 Å². The number of Topliss-reactive ketones (excluding diaryl/α,β-unsaturated/α-hetero) is 1. The van der Waals surface area contributed by atoms with E-state index in [9.17, 15) is 9.59 Å². The molecule has 7 heteroatoms. The zero-order chi connectivity index (χ0) is 22.1. The van der Waals surface area contributed by atoms with Gasteiger partial charge in [0.2, 0.25) is 0 Å². The number of ketones is 1. The van der Waals surface area contributed by atoms with Crippen molar-refractivity contribution in [3.05, 3.63) is 76.1 Å². The van der Waals surface area contributed by atoms with Gasteiger partial charge in [0.15, 0.2) is 5.78 Å². The van der Waals surface area contributed by atoms with Crippen molar-refractivity contribution in [1.82, 2.24) is 14.7 Å². The lowest BCUT2D eigenvalue weighted by Crippen LogP contribution is -2.48. The van der Waals surface area contributed by atoms with Crippen molar-refractivity contribution in [2.75, 3.05) is 31.1 Å². The molecule has 1 amide bonds. The molecule has 1 aromatic heterocycles. The van der Waals surface area contributed by atoms with Crippen LogP contribution in [0.5, 0.6) is 0 Å². The standard InChI is InChI=1S/C24H25ClN4O2/c1-16-23(25)17(2)29(26-16)22-10-6-20(7-11-22)24(31)28-14-12-27(13-15-28)21-8-4-19(5-9-21)18(3)30/h4-11H,12-15H2,1-3H3. The van der Waals surface area contributed by atoms with E-state index in [0.29, 0.717) is 29.2 Å². The Bertz CT molecular complexity index is 1110. The summed E-state index contributed by atoms with van der Waals surface area (Å²) < 4.78 is 1.79. The maximum atomic E-state index is 13.0. The second kappa shape index (κ2) is 8.55. The summed E-state index contributed by atoms with van der Waals surface area (Å²) in [6.07, 6.45) is 0. The van der Waals surface area contributed by atoms with Crippen LogP contribution in [0, 0.1) is 13.8 Å². The quantitative estimate of drug-likeness (QED) is 0.572. The van der Waals surface area contributed by atoms with Crippen molar-refractivity contribution in [2.45, 2.75) is 20.8 Å². The monoisotopic (exact) mass is 436 g/mol. The third-order valence-electron chi connectivity index (χ3n) is 5.77. The SMILES string of the molecule is CC(=O)c1ccc(N2CCN(C(=O)c3ccc(-n4nc(C)c(Cl)c4C)cc3)CC2)cc1. The minimum absolute atomic E-state index is 0.0320. The number of rotatable bonds is 4. The molecule has 0 saturated carbocycles. The summed E-state index contributed by atoms with van der Waals surface area (Å²) in [4.78, 5) is 28.5. The number of anilines is 1. The van der Waals surface area contributed by atoms with E-state index in [1.807, 2.05) is 67.3 Å². The number of carbonyl (C=O) groups is 2. The molecule has 0 N–H and O–H groups in total. The first-order chi connectivity index (χ1) is 14.8. The van der Waals surface area contributed by atoms with Gasteiger partial charge in [-0.25, -0.2) is 4.68 Å². The van der Waals surface area contributed by atoms with Gasteiger partial charge in [-0.15, -0.1) is 0 Å². The van der Waals surface area contributed by atoms with E-state index in [-0.39, 0.29) is 11.7 Å². The Morgan fingerprint density at radius 1 is 0.839 bits per heavy atom. The van der Waals surface area contributed by atoms with Gasteiger partial charge in [-0.2, -0.15) is 5.10 Å². The minimum atomic E-state index is 0.0320. The number of halogens is 1. The second-order valence-corrected chi connectivity index (χ2v) is 8.20. The van der Waals surface area contributed by atoms with Gasteiger partial charge in [-0.1, -0.05) is 11.6 Å². The summed E-state index contributed by atoms with van der Waals surface area (Å²) in [6, 6.07) is 15.1. The van der Waals surface area contributed by atoms with Crippen molar-refractivity contribution < 1.29 is 9.59 Å². The average Bonchev–Trinajstić information content (AvgIpc) is 3.06. The molecule has 2 heterocycles.